The highest BCUT2D eigenvalue weighted by molar-refractivity contribution is 9.10. The Morgan fingerprint density at radius 3 is 2.61 bits per heavy atom. The zero-order valence-corrected chi connectivity index (χ0v) is 15.9. The number of ketones is 1. The minimum Gasteiger partial charge on any atom is -0.303 e. The van der Waals surface area contributed by atoms with Crippen LogP contribution in [-0.2, 0) is 0 Å². The smallest absolute Gasteiger partial charge is 0.283 e. The van der Waals surface area contributed by atoms with Gasteiger partial charge in [-0.2, -0.15) is 0 Å². The number of hydrogen-bond acceptors (Lipinski definition) is 4. The van der Waals surface area contributed by atoms with E-state index < -0.39 is 22.2 Å². The second kappa shape index (κ2) is 8.53. The van der Waals surface area contributed by atoms with Gasteiger partial charge < -0.3 is 4.57 Å². The lowest BCUT2D eigenvalue weighted by Gasteiger charge is -2.08. The summed E-state index contributed by atoms with van der Waals surface area (Å²) in [7, 11) is 0. The zero-order chi connectivity index (χ0) is 20.1. The molecule has 1 aromatic heterocycles. The fourth-order valence-electron chi connectivity index (χ4n) is 2.49. The molecule has 0 bridgehead atoms. The lowest BCUT2D eigenvalue weighted by molar-refractivity contribution is -0.385. The molecule has 8 heteroatoms. The van der Waals surface area contributed by atoms with E-state index in [0.29, 0.717) is 0 Å². The lowest BCUT2D eigenvalue weighted by atomic mass is 10.0. The number of nitro benzene ring substituents is 1. The Bertz CT molecular complexity index is 1070. The van der Waals surface area contributed by atoms with E-state index in [1.807, 2.05) is 24.3 Å². The van der Waals surface area contributed by atoms with Crippen molar-refractivity contribution in [2.24, 2.45) is 0 Å². The van der Waals surface area contributed by atoms with Crippen molar-refractivity contribution in [1.29, 1.82) is 0 Å². The molecule has 3 rings (SSSR count). The SMILES string of the molecule is O=C(/C(=C/C=C/c1ccc(Br)cc1)n1ccnc1)c1ccc(F)cc1[N+](=O)[O-]. The summed E-state index contributed by atoms with van der Waals surface area (Å²) in [6.07, 6.45) is 9.42. The Labute approximate surface area is 167 Å². The molecule has 0 aliphatic heterocycles. The third kappa shape index (κ3) is 4.47. The van der Waals surface area contributed by atoms with Crippen LogP contribution in [0.15, 0.2) is 77.8 Å². The summed E-state index contributed by atoms with van der Waals surface area (Å²) in [4.78, 5) is 27.4. The summed E-state index contributed by atoms with van der Waals surface area (Å²) >= 11 is 3.36. The van der Waals surface area contributed by atoms with Gasteiger partial charge in [-0.1, -0.05) is 40.2 Å². The highest BCUT2D eigenvalue weighted by Gasteiger charge is 2.24. The number of hydrogen-bond donors (Lipinski definition) is 0. The van der Waals surface area contributed by atoms with Crippen LogP contribution >= 0.6 is 15.9 Å². The highest BCUT2D eigenvalue weighted by Crippen LogP contribution is 2.24. The van der Waals surface area contributed by atoms with Gasteiger partial charge in [0.1, 0.15) is 11.4 Å². The fourth-order valence-corrected chi connectivity index (χ4v) is 2.76. The predicted octanol–water partition coefficient (Wildman–Crippen LogP) is 5.13. The number of carbonyl (C=O) groups is 1. The molecule has 1 heterocycles. The molecule has 2 aromatic carbocycles. The highest BCUT2D eigenvalue weighted by atomic mass is 79.9. The average molecular weight is 442 g/mol. The molecule has 0 N–H and O–H groups in total. The van der Waals surface area contributed by atoms with Crippen molar-refractivity contribution in [2.45, 2.75) is 0 Å². The van der Waals surface area contributed by atoms with Crippen LogP contribution in [0.4, 0.5) is 10.1 Å². The van der Waals surface area contributed by atoms with Gasteiger partial charge in [0.05, 0.1) is 23.0 Å². The van der Waals surface area contributed by atoms with E-state index in [0.717, 1.165) is 28.2 Å². The standard InChI is InChI=1S/C20H13BrFN3O3/c21-15-6-4-14(5-7-15)2-1-3-18(24-11-10-23-13-24)20(26)17-9-8-16(22)12-19(17)25(27)28/h1-13H/b2-1+,18-3-. The summed E-state index contributed by atoms with van der Waals surface area (Å²) in [6, 6.07) is 10.4. The second-order valence-electron chi connectivity index (χ2n) is 5.68. The second-order valence-corrected chi connectivity index (χ2v) is 6.60. The van der Waals surface area contributed by atoms with E-state index in [1.54, 1.807) is 18.3 Å². The number of benzene rings is 2. The summed E-state index contributed by atoms with van der Waals surface area (Å²) in [5.41, 5.74) is 0.251. The van der Waals surface area contributed by atoms with Gasteiger partial charge in [0.15, 0.2) is 0 Å². The van der Waals surface area contributed by atoms with Gasteiger partial charge in [-0.3, -0.25) is 14.9 Å². The summed E-state index contributed by atoms with van der Waals surface area (Å²) in [5.74, 6) is -1.41. The molecule has 3 aromatic rings. The van der Waals surface area contributed by atoms with Gasteiger partial charge in [0, 0.05) is 16.9 Å². The van der Waals surface area contributed by atoms with Gasteiger partial charge in [-0.25, -0.2) is 9.37 Å². The van der Waals surface area contributed by atoms with Crippen LogP contribution in [0, 0.1) is 15.9 Å². The normalized spacial score (nSPS) is 11.7. The van der Waals surface area contributed by atoms with Crippen molar-refractivity contribution >= 4 is 39.2 Å². The minimum atomic E-state index is -0.786. The van der Waals surface area contributed by atoms with E-state index in [1.165, 1.54) is 23.2 Å². The van der Waals surface area contributed by atoms with Crippen LogP contribution in [-0.4, -0.2) is 20.3 Å². The molecule has 6 nitrogen and oxygen atoms in total. The van der Waals surface area contributed by atoms with Crippen LogP contribution in [0.2, 0.25) is 0 Å². The van der Waals surface area contributed by atoms with E-state index in [4.69, 9.17) is 0 Å². The molecule has 0 aliphatic rings. The number of nitrogens with zero attached hydrogens (tertiary/aromatic N) is 3. The lowest BCUT2D eigenvalue weighted by Crippen LogP contribution is -2.10. The molecule has 0 unspecified atom stereocenters. The van der Waals surface area contributed by atoms with Crippen molar-refractivity contribution in [3.05, 3.63) is 105 Å². The molecule has 0 aliphatic carbocycles. The molecule has 0 spiro atoms. The molecule has 0 saturated carbocycles. The number of Topliss-reactive ketones (excluding diaryl/α,β-unsaturated/α-hetero) is 1. The Kier molecular flexibility index (Phi) is 5.90. The number of allylic oxidation sites excluding steroid dienone is 3. The number of carbonyl (C=O) groups excluding carboxylic acids is 1. The monoisotopic (exact) mass is 441 g/mol. The number of nitro groups is 1. The number of halogens is 2. The van der Waals surface area contributed by atoms with Crippen molar-refractivity contribution in [3.63, 3.8) is 0 Å². The maximum Gasteiger partial charge on any atom is 0.283 e. The quantitative estimate of drug-likeness (QED) is 0.174. The largest absolute Gasteiger partial charge is 0.303 e. The topological polar surface area (TPSA) is 78.0 Å². The average Bonchev–Trinajstić information content (AvgIpc) is 3.20. The molecule has 0 atom stereocenters. The van der Waals surface area contributed by atoms with Gasteiger partial charge in [0.25, 0.3) is 5.69 Å². The molecule has 0 fully saturated rings. The van der Waals surface area contributed by atoms with E-state index >= 15 is 0 Å². The van der Waals surface area contributed by atoms with Gasteiger partial charge in [-0.05, 0) is 35.9 Å². The molecule has 0 amide bonds. The molecule has 28 heavy (non-hydrogen) atoms. The van der Waals surface area contributed by atoms with E-state index in [9.17, 15) is 19.3 Å². The number of rotatable bonds is 6. The van der Waals surface area contributed by atoms with E-state index in [-0.39, 0.29) is 11.3 Å². The molecular formula is C20H13BrFN3O3. The molecule has 0 radical (unpaired) electrons. The number of imidazole rings is 1. The molecule has 0 saturated heterocycles. The van der Waals surface area contributed by atoms with Crippen LogP contribution < -0.4 is 0 Å². The predicted molar refractivity (Wildman–Crippen MR) is 107 cm³/mol. The minimum absolute atomic E-state index is 0.139. The third-order valence-electron chi connectivity index (χ3n) is 3.83. The van der Waals surface area contributed by atoms with Gasteiger partial charge in [0.2, 0.25) is 5.78 Å². The first-order valence-corrected chi connectivity index (χ1v) is 8.86. The first kappa shape index (κ1) is 19.4. The van der Waals surface area contributed by atoms with Gasteiger partial charge in [-0.15, -0.1) is 0 Å². The number of aromatic nitrogens is 2. The fraction of sp³-hybridized carbons (Fsp3) is 0. The third-order valence-corrected chi connectivity index (χ3v) is 4.36. The Hall–Kier alpha value is -3.39. The van der Waals surface area contributed by atoms with Crippen molar-refractivity contribution < 1.29 is 14.1 Å². The van der Waals surface area contributed by atoms with Crippen LogP contribution in [0.3, 0.4) is 0 Å². The molecule has 140 valence electrons. The van der Waals surface area contributed by atoms with Gasteiger partial charge >= 0.3 is 0 Å². The summed E-state index contributed by atoms with van der Waals surface area (Å²) in [5, 5.41) is 11.2. The van der Waals surface area contributed by atoms with Crippen LogP contribution in [0.25, 0.3) is 11.8 Å². The van der Waals surface area contributed by atoms with Crippen molar-refractivity contribution in [1.82, 2.24) is 9.55 Å². The summed E-state index contributed by atoms with van der Waals surface area (Å²) < 4.78 is 15.8. The Morgan fingerprint density at radius 1 is 1.21 bits per heavy atom. The first-order chi connectivity index (χ1) is 13.5. The maximum atomic E-state index is 13.4. The Balaban J connectivity index is 2.00. The molecular weight excluding hydrogens is 429 g/mol. The van der Waals surface area contributed by atoms with Crippen molar-refractivity contribution in [2.75, 3.05) is 0 Å². The van der Waals surface area contributed by atoms with Crippen molar-refractivity contribution in [3.8, 4) is 0 Å². The van der Waals surface area contributed by atoms with E-state index in [2.05, 4.69) is 20.9 Å². The first-order valence-electron chi connectivity index (χ1n) is 8.06. The zero-order valence-electron chi connectivity index (χ0n) is 14.3. The van der Waals surface area contributed by atoms with Crippen LogP contribution in [0.1, 0.15) is 15.9 Å². The maximum absolute atomic E-state index is 13.4. The Morgan fingerprint density at radius 2 is 1.96 bits per heavy atom. The summed E-state index contributed by atoms with van der Waals surface area (Å²) in [6.45, 7) is 0. The van der Waals surface area contributed by atoms with Crippen LogP contribution in [0.5, 0.6) is 0 Å².